The van der Waals surface area contributed by atoms with Crippen molar-refractivity contribution in [1.82, 2.24) is 4.90 Å². The van der Waals surface area contributed by atoms with E-state index in [1.807, 2.05) is 37.3 Å². The van der Waals surface area contributed by atoms with Crippen molar-refractivity contribution in [3.63, 3.8) is 0 Å². The van der Waals surface area contributed by atoms with Gasteiger partial charge in [-0.2, -0.15) is 0 Å². The molecule has 1 amide bonds. The predicted octanol–water partition coefficient (Wildman–Crippen LogP) is 2.23. The molecule has 1 fully saturated rings. The zero-order valence-electron chi connectivity index (χ0n) is 12.0. The summed E-state index contributed by atoms with van der Waals surface area (Å²) in [6, 6.07) is 9.85. The molecular formula is C16H21NO3. The average Bonchev–Trinajstić information content (AvgIpc) is 2.77. The monoisotopic (exact) mass is 275 g/mol. The molecular weight excluding hydrogens is 254 g/mol. The standard InChI is InChI=1S/C16H21NO3/c1-3-7-13-14(16(19)20-2)11-17(15(13)18)10-12-8-5-4-6-9-12/h4-6,8-9,13-14H,3,7,10-11H2,1-2H3. The van der Waals surface area contributed by atoms with Gasteiger partial charge in [-0.05, 0) is 12.0 Å². The van der Waals surface area contributed by atoms with Crippen molar-refractivity contribution in [3.05, 3.63) is 35.9 Å². The molecule has 1 heterocycles. The Kier molecular flexibility index (Phi) is 4.77. The third kappa shape index (κ3) is 3.00. The highest BCUT2D eigenvalue weighted by Gasteiger charge is 2.43. The molecule has 0 aliphatic carbocycles. The Bertz CT molecular complexity index is 472. The van der Waals surface area contributed by atoms with E-state index in [1.54, 1.807) is 4.90 Å². The maximum Gasteiger partial charge on any atom is 0.311 e. The number of carbonyl (C=O) groups is 2. The molecule has 2 unspecified atom stereocenters. The lowest BCUT2D eigenvalue weighted by atomic mass is 9.91. The number of esters is 1. The minimum atomic E-state index is -0.323. The average molecular weight is 275 g/mol. The van der Waals surface area contributed by atoms with Crippen LogP contribution in [0.2, 0.25) is 0 Å². The molecule has 0 bridgehead atoms. The lowest BCUT2D eigenvalue weighted by Gasteiger charge is -2.16. The molecule has 1 saturated heterocycles. The van der Waals surface area contributed by atoms with Crippen molar-refractivity contribution in [1.29, 1.82) is 0 Å². The number of nitrogens with zero attached hydrogens (tertiary/aromatic N) is 1. The number of hydrogen-bond donors (Lipinski definition) is 0. The third-order valence-electron chi connectivity index (χ3n) is 3.85. The summed E-state index contributed by atoms with van der Waals surface area (Å²) in [7, 11) is 1.38. The predicted molar refractivity (Wildman–Crippen MR) is 75.8 cm³/mol. The van der Waals surface area contributed by atoms with E-state index in [4.69, 9.17) is 4.74 Å². The van der Waals surface area contributed by atoms with Crippen LogP contribution in [0, 0.1) is 11.8 Å². The Labute approximate surface area is 119 Å². The fourth-order valence-electron chi connectivity index (χ4n) is 2.83. The second kappa shape index (κ2) is 6.55. The van der Waals surface area contributed by atoms with Gasteiger partial charge in [0.15, 0.2) is 0 Å². The molecule has 1 aliphatic rings. The van der Waals surface area contributed by atoms with Crippen LogP contribution in [0.25, 0.3) is 0 Å². The summed E-state index contributed by atoms with van der Waals surface area (Å²) in [4.78, 5) is 26.1. The normalized spacial score (nSPS) is 22.1. The van der Waals surface area contributed by atoms with Gasteiger partial charge >= 0.3 is 5.97 Å². The molecule has 0 saturated carbocycles. The molecule has 1 aromatic rings. The lowest BCUT2D eigenvalue weighted by Crippen LogP contribution is -2.26. The molecule has 2 rings (SSSR count). The Morgan fingerprint density at radius 1 is 1.35 bits per heavy atom. The smallest absolute Gasteiger partial charge is 0.311 e. The molecule has 0 spiro atoms. The van der Waals surface area contributed by atoms with Gasteiger partial charge in [0.05, 0.1) is 18.9 Å². The summed E-state index contributed by atoms with van der Waals surface area (Å²) < 4.78 is 4.84. The Morgan fingerprint density at radius 2 is 2.05 bits per heavy atom. The van der Waals surface area contributed by atoms with Gasteiger partial charge < -0.3 is 9.64 Å². The largest absolute Gasteiger partial charge is 0.469 e. The van der Waals surface area contributed by atoms with E-state index in [2.05, 4.69) is 0 Å². The first-order chi connectivity index (χ1) is 9.67. The molecule has 0 aromatic heterocycles. The third-order valence-corrected chi connectivity index (χ3v) is 3.85. The Hall–Kier alpha value is -1.84. The minimum absolute atomic E-state index is 0.0751. The first-order valence-corrected chi connectivity index (χ1v) is 7.08. The van der Waals surface area contributed by atoms with E-state index in [0.29, 0.717) is 13.1 Å². The topological polar surface area (TPSA) is 46.6 Å². The van der Waals surface area contributed by atoms with Crippen molar-refractivity contribution >= 4 is 11.9 Å². The number of hydrogen-bond acceptors (Lipinski definition) is 3. The molecule has 20 heavy (non-hydrogen) atoms. The van der Waals surface area contributed by atoms with Gasteiger partial charge in [-0.1, -0.05) is 43.7 Å². The van der Waals surface area contributed by atoms with E-state index in [1.165, 1.54) is 7.11 Å². The highest BCUT2D eigenvalue weighted by atomic mass is 16.5. The number of methoxy groups -OCH3 is 1. The van der Waals surface area contributed by atoms with E-state index in [-0.39, 0.29) is 23.7 Å². The number of rotatable bonds is 5. The van der Waals surface area contributed by atoms with Gasteiger partial charge in [-0.15, -0.1) is 0 Å². The molecule has 1 aliphatic heterocycles. The van der Waals surface area contributed by atoms with Crippen LogP contribution in [0.1, 0.15) is 25.3 Å². The molecule has 108 valence electrons. The summed E-state index contributed by atoms with van der Waals surface area (Å²) in [6.07, 6.45) is 1.63. The van der Waals surface area contributed by atoms with Gasteiger partial charge in [0.2, 0.25) is 5.91 Å². The number of carbonyl (C=O) groups excluding carboxylic acids is 2. The molecule has 0 radical (unpaired) electrons. The Balaban J connectivity index is 2.12. The van der Waals surface area contributed by atoms with Crippen LogP contribution in [0.4, 0.5) is 0 Å². The van der Waals surface area contributed by atoms with Crippen molar-refractivity contribution in [3.8, 4) is 0 Å². The maximum absolute atomic E-state index is 12.4. The summed E-state index contributed by atoms with van der Waals surface area (Å²) >= 11 is 0. The van der Waals surface area contributed by atoms with Crippen LogP contribution < -0.4 is 0 Å². The van der Waals surface area contributed by atoms with Gasteiger partial charge in [0, 0.05) is 13.1 Å². The second-order valence-electron chi connectivity index (χ2n) is 5.23. The molecule has 0 N–H and O–H groups in total. The SMILES string of the molecule is CCCC1C(=O)N(Cc2ccccc2)CC1C(=O)OC. The van der Waals surface area contributed by atoms with Crippen LogP contribution in [0.3, 0.4) is 0 Å². The van der Waals surface area contributed by atoms with Crippen LogP contribution in [-0.2, 0) is 20.9 Å². The minimum Gasteiger partial charge on any atom is -0.469 e. The van der Waals surface area contributed by atoms with Gasteiger partial charge in [0.1, 0.15) is 0 Å². The van der Waals surface area contributed by atoms with E-state index >= 15 is 0 Å². The highest BCUT2D eigenvalue weighted by molar-refractivity contribution is 5.89. The van der Waals surface area contributed by atoms with Gasteiger partial charge in [-0.3, -0.25) is 9.59 Å². The summed E-state index contributed by atoms with van der Waals surface area (Å²) in [5.74, 6) is -0.745. The summed E-state index contributed by atoms with van der Waals surface area (Å²) in [6.45, 7) is 3.06. The number of amides is 1. The first kappa shape index (κ1) is 14.6. The Morgan fingerprint density at radius 3 is 2.65 bits per heavy atom. The summed E-state index contributed by atoms with van der Waals surface area (Å²) in [5.41, 5.74) is 1.08. The van der Waals surface area contributed by atoms with Crippen LogP contribution in [0.15, 0.2) is 30.3 Å². The fraction of sp³-hybridized carbons (Fsp3) is 0.500. The van der Waals surface area contributed by atoms with Crippen LogP contribution in [-0.4, -0.2) is 30.4 Å². The van der Waals surface area contributed by atoms with Crippen molar-refractivity contribution < 1.29 is 14.3 Å². The van der Waals surface area contributed by atoms with E-state index in [9.17, 15) is 9.59 Å². The van der Waals surface area contributed by atoms with E-state index < -0.39 is 0 Å². The highest BCUT2D eigenvalue weighted by Crippen LogP contribution is 2.30. The quantitative estimate of drug-likeness (QED) is 0.774. The summed E-state index contributed by atoms with van der Waals surface area (Å²) in [5, 5.41) is 0. The van der Waals surface area contributed by atoms with E-state index in [0.717, 1.165) is 18.4 Å². The maximum atomic E-state index is 12.4. The van der Waals surface area contributed by atoms with Crippen molar-refractivity contribution in [2.45, 2.75) is 26.3 Å². The second-order valence-corrected chi connectivity index (χ2v) is 5.23. The van der Waals surface area contributed by atoms with Crippen LogP contribution in [0.5, 0.6) is 0 Å². The first-order valence-electron chi connectivity index (χ1n) is 7.08. The number of ether oxygens (including phenoxy) is 1. The number of likely N-dealkylation sites (tertiary alicyclic amines) is 1. The lowest BCUT2D eigenvalue weighted by molar-refractivity contribution is -0.147. The zero-order valence-corrected chi connectivity index (χ0v) is 12.0. The molecule has 4 nitrogen and oxygen atoms in total. The van der Waals surface area contributed by atoms with Gasteiger partial charge in [-0.25, -0.2) is 0 Å². The fourth-order valence-corrected chi connectivity index (χ4v) is 2.83. The van der Waals surface area contributed by atoms with Crippen molar-refractivity contribution in [2.75, 3.05) is 13.7 Å². The number of benzene rings is 1. The molecule has 4 heteroatoms. The molecule has 2 atom stereocenters. The zero-order chi connectivity index (χ0) is 14.5. The van der Waals surface area contributed by atoms with Crippen LogP contribution >= 0.6 is 0 Å². The van der Waals surface area contributed by atoms with Gasteiger partial charge in [0.25, 0.3) is 0 Å². The van der Waals surface area contributed by atoms with Crippen molar-refractivity contribution in [2.24, 2.45) is 11.8 Å². The molecule has 1 aromatic carbocycles.